The third-order valence-corrected chi connectivity index (χ3v) is 4.27. The zero-order chi connectivity index (χ0) is 15.5. The highest BCUT2D eigenvalue weighted by Crippen LogP contribution is 2.23. The Hall–Kier alpha value is -1.89. The van der Waals surface area contributed by atoms with Crippen molar-refractivity contribution < 1.29 is 14.3 Å². The number of nitrogens with zero attached hydrogens (tertiary/aromatic N) is 4. The van der Waals surface area contributed by atoms with Crippen molar-refractivity contribution in [1.82, 2.24) is 19.6 Å². The fourth-order valence-electron chi connectivity index (χ4n) is 3.14. The molecule has 1 aromatic rings. The fraction of sp³-hybridized carbons (Fsp3) is 0.667. The summed E-state index contributed by atoms with van der Waals surface area (Å²) in [5.74, 6) is 0.193. The topological polar surface area (TPSA) is 67.7 Å². The summed E-state index contributed by atoms with van der Waals surface area (Å²) >= 11 is 0. The number of carbonyl (C=O) groups excluding carboxylic acids is 2. The summed E-state index contributed by atoms with van der Waals surface area (Å²) in [4.78, 5) is 27.8. The molecule has 0 saturated carbocycles. The zero-order valence-corrected chi connectivity index (χ0v) is 12.9. The predicted octanol–water partition coefficient (Wildman–Crippen LogP) is 0.425. The first-order valence-corrected chi connectivity index (χ1v) is 7.84. The molecule has 2 aliphatic rings. The molecule has 2 aliphatic heterocycles. The van der Waals surface area contributed by atoms with Gasteiger partial charge in [0.2, 0.25) is 11.8 Å². The Morgan fingerprint density at radius 1 is 1.50 bits per heavy atom. The molecule has 1 aromatic heterocycles. The molecular formula is C15H22N4O3. The summed E-state index contributed by atoms with van der Waals surface area (Å²) in [6.45, 7) is 5.06. The third kappa shape index (κ3) is 2.99. The maximum atomic E-state index is 12.2. The maximum absolute atomic E-state index is 12.2. The van der Waals surface area contributed by atoms with E-state index < -0.39 is 0 Å². The van der Waals surface area contributed by atoms with E-state index in [1.165, 1.54) is 0 Å². The van der Waals surface area contributed by atoms with Gasteiger partial charge in [0.15, 0.2) is 0 Å². The second-order valence-electron chi connectivity index (χ2n) is 5.78. The molecule has 0 aromatic carbocycles. The highest BCUT2D eigenvalue weighted by molar-refractivity contribution is 5.78. The molecule has 7 nitrogen and oxygen atoms in total. The minimum absolute atomic E-state index is 0.00736. The van der Waals surface area contributed by atoms with E-state index in [2.05, 4.69) is 5.10 Å². The van der Waals surface area contributed by atoms with Crippen LogP contribution >= 0.6 is 0 Å². The SMILES string of the molecule is CCOCC(=O)N1Cc2ccnn2[C@H](CN2CCCC2=O)C1. The van der Waals surface area contributed by atoms with Crippen molar-refractivity contribution in [1.29, 1.82) is 0 Å². The van der Waals surface area contributed by atoms with Crippen molar-refractivity contribution in [2.45, 2.75) is 32.4 Å². The summed E-state index contributed by atoms with van der Waals surface area (Å²) in [7, 11) is 0. The van der Waals surface area contributed by atoms with Gasteiger partial charge in [-0.1, -0.05) is 0 Å². The highest BCUT2D eigenvalue weighted by atomic mass is 16.5. The van der Waals surface area contributed by atoms with Gasteiger partial charge >= 0.3 is 0 Å². The Kier molecular flexibility index (Phi) is 4.42. The molecule has 1 atom stereocenters. The van der Waals surface area contributed by atoms with Gasteiger partial charge in [0.25, 0.3) is 0 Å². The first-order valence-electron chi connectivity index (χ1n) is 7.84. The molecular weight excluding hydrogens is 284 g/mol. The van der Waals surface area contributed by atoms with Crippen LogP contribution in [0.5, 0.6) is 0 Å². The summed E-state index contributed by atoms with van der Waals surface area (Å²) in [6, 6.07) is 1.95. The molecule has 0 unspecified atom stereocenters. The van der Waals surface area contributed by atoms with Gasteiger partial charge in [-0.3, -0.25) is 14.3 Å². The largest absolute Gasteiger partial charge is 0.372 e. The minimum atomic E-state index is -0.00736. The number of rotatable bonds is 5. The molecule has 120 valence electrons. The first-order chi connectivity index (χ1) is 10.7. The van der Waals surface area contributed by atoms with Crippen LogP contribution in [0.1, 0.15) is 31.5 Å². The molecule has 0 spiro atoms. The average molecular weight is 306 g/mol. The number of likely N-dealkylation sites (tertiary alicyclic amines) is 1. The average Bonchev–Trinajstić information content (AvgIpc) is 3.14. The quantitative estimate of drug-likeness (QED) is 0.791. The van der Waals surface area contributed by atoms with E-state index in [1.54, 1.807) is 11.1 Å². The van der Waals surface area contributed by atoms with Crippen molar-refractivity contribution in [3.8, 4) is 0 Å². The molecule has 3 rings (SSSR count). The number of hydrogen-bond acceptors (Lipinski definition) is 4. The normalized spacial score (nSPS) is 21.3. The molecule has 3 heterocycles. The summed E-state index contributed by atoms with van der Waals surface area (Å²) in [5, 5.41) is 4.37. The molecule has 7 heteroatoms. The number of ether oxygens (including phenoxy) is 1. The molecule has 22 heavy (non-hydrogen) atoms. The van der Waals surface area contributed by atoms with Gasteiger partial charge in [0.05, 0.1) is 18.3 Å². The Morgan fingerprint density at radius 2 is 2.36 bits per heavy atom. The summed E-state index contributed by atoms with van der Waals surface area (Å²) in [6.07, 6.45) is 3.31. The number of aromatic nitrogens is 2. The Bertz CT molecular complexity index is 557. The van der Waals surface area contributed by atoms with Crippen molar-refractivity contribution in [3.63, 3.8) is 0 Å². The lowest BCUT2D eigenvalue weighted by Gasteiger charge is -2.35. The molecule has 0 aliphatic carbocycles. The van der Waals surface area contributed by atoms with Gasteiger partial charge < -0.3 is 14.5 Å². The molecule has 0 N–H and O–H groups in total. The molecule has 2 amide bonds. The molecule has 0 bridgehead atoms. The van der Waals surface area contributed by atoms with E-state index in [0.29, 0.717) is 32.7 Å². The van der Waals surface area contributed by atoms with E-state index in [0.717, 1.165) is 18.7 Å². The Balaban J connectivity index is 1.71. The Labute approximate surface area is 129 Å². The second-order valence-corrected chi connectivity index (χ2v) is 5.78. The monoisotopic (exact) mass is 306 g/mol. The Morgan fingerprint density at radius 3 is 3.09 bits per heavy atom. The van der Waals surface area contributed by atoms with Crippen LogP contribution in [0.4, 0.5) is 0 Å². The summed E-state index contributed by atoms with van der Waals surface area (Å²) < 4.78 is 7.18. The van der Waals surface area contributed by atoms with Gasteiger partial charge in [-0.15, -0.1) is 0 Å². The van der Waals surface area contributed by atoms with Gasteiger partial charge in [0.1, 0.15) is 6.61 Å². The molecule has 1 fully saturated rings. The van der Waals surface area contributed by atoms with E-state index >= 15 is 0 Å². The van der Waals surface area contributed by atoms with Crippen LogP contribution in [0.15, 0.2) is 12.3 Å². The number of fused-ring (bicyclic) bond motifs is 1. The van der Waals surface area contributed by atoms with Crippen molar-refractivity contribution in [2.75, 3.05) is 32.8 Å². The first kappa shape index (κ1) is 15.0. The van der Waals surface area contributed by atoms with Crippen LogP contribution in [0.25, 0.3) is 0 Å². The van der Waals surface area contributed by atoms with Gasteiger partial charge in [-0.25, -0.2) is 0 Å². The minimum Gasteiger partial charge on any atom is -0.372 e. The van der Waals surface area contributed by atoms with E-state index in [1.807, 2.05) is 22.6 Å². The molecule has 1 saturated heterocycles. The lowest BCUT2D eigenvalue weighted by Crippen LogP contribution is -2.46. The van der Waals surface area contributed by atoms with Crippen LogP contribution in [0.3, 0.4) is 0 Å². The second kappa shape index (κ2) is 6.48. The molecule has 0 radical (unpaired) electrons. The highest BCUT2D eigenvalue weighted by Gasteiger charge is 2.32. The fourth-order valence-corrected chi connectivity index (χ4v) is 3.14. The van der Waals surface area contributed by atoms with E-state index in [-0.39, 0.29) is 24.5 Å². The van der Waals surface area contributed by atoms with Crippen LogP contribution in [-0.4, -0.2) is 64.2 Å². The number of carbonyl (C=O) groups is 2. The van der Waals surface area contributed by atoms with Crippen molar-refractivity contribution in [3.05, 3.63) is 18.0 Å². The zero-order valence-electron chi connectivity index (χ0n) is 12.9. The van der Waals surface area contributed by atoms with Gasteiger partial charge in [-0.2, -0.15) is 5.10 Å². The van der Waals surface area contributed by atoms with Gasteiger partial charge in [0, 0.05) is 38.9 Å². The lowest BCUT2D eigenvalue weighted by molar-refractivity contribution is -0.138. The van der Waals surface area contributed by atoms with Crippen LogP contribution in [0, 0.1) is 0 Å². The maximum Gasteiger partial charge on any atom is 0.248 e. The van der Waals surface area contributed by atoms with Crippen LogP contribution in [0.2, 0.25) is 0 Å². The predicted molar refractivity (Wildman–Crippen MR) is 79.0 cm³/mol. The lowest BCUT2D eigenvalue weighted by atomic mass is 10.1. The summed E-state index contributed by atoms with van der Waals surface area (Å²) in [5.41, 5.74) is 1.01. The van der Waals surface area contributed by atoms with Crippen LogP contribution < -0.4 is 0 Å². The number of hydrogen-bond donors (Lipinski definition) is 0. The van der Waals surface area contributed by atoms with E-state index in [4.69, 9.17) is 4.74 Å². The number of amides is 2. The van der Waals surface area contributed by atoms with Crippen LogP contribution in [-0.2, 0) is 20.9 Å². The standard InChI is InChI=1S/C15H22N4O3/c1-2-22-11-15(21)18-8-12-5-6-16-19(12)13(10-18)9-17-7-3-4-14(17)20/h5-6,13H,2-4,7-11H2,1H3/t13-/m1/s1. The van der Waals surface area contributed by atoms with Crippen molar-refractivity contribution in [2.24, 2.45) is 0 Å². The smallest absolute Gasteiger partial charge is 0.248 e. The third-order valence-electron chi connectivity index (χ3n) is 4.27. The van der Waals surface area contributed by atoms with Crippen molar-refractivity contribution >= 4 is 11.8 Å². The van der Waals surface area contributed by atoms with Gasteiger partial charge in [-0.05, 0) is 19.4 Å². The van der Waals surface area contributed by atoms with E-state index in [9.17, 15) is 9.59 Å².